The minimum atomic E-state index is 0.0192. The molecule has 3 rings (SSSR count). The molecule has 2 aromatic rings. The van der Waals surface area contributed by atoms with Crippen molar-refractivity contribution >= 4 is 34.5 Å². The average molecular weight is 412 g/mol. The normalized spacial score (nSPS) is 19.5. The van der Waals surface area contributed by atoms with Crippen molar-refractivity contribution in [3.8, 4) is 11.5 Å². The van der Waals surface area contributed by atoms with Crippen molar-refractivity contribution < 1.29 is 24.1 Å². The van der Waals surface area contributed by atoms with Crippen LogP contribution in [-0.4, -0.2) is 52.9 Å². The number of hydrogen-bond acceptors (Lipinski definition) is 4. The number of carbonyl (C=O) groups is 1. The number of amides is 1. The van der Waals surface area contributed by atoms with Gasteiger partial charge in [0.15, 0.2) is 18.0 Å². The van der Waals surface area contributed by atoms with Crippen molar-refractivity contribution in [3.63, 3.8) is 0 Å². The topological polar surface area (TPSA) is 56.4 Å². The van der Waals surface area contributed by atoms with E-state index in [-0.39, 0.29) is 5.91 Å². The predicted octanol–water partition coefficient (Wildman–Crippen LogP) is 0.341. The number of hydrogen-bond donors (Lipinski definition) is 3. The van der Waals surface area contributed by atoms with E-state index in [0.29, 0.717) is 18.0 Å². The van der Waals surface area contributed by atoms with Gasteiger partial charge in [-0.25, -0.2) is 0 Å². The van der Waals surface area contributed by atoms with E-state index < -0.39 is 0 Å². The Hall–Kier alpha value is -1.80. The molecule has 1 amide bonds. The second-order valence-electron chi connectivity index (χ2n) is 6.68. The highest BCUT2D eigenvalue weighted by Gasteiger charge is 2.25. The van der Waals surface area contributed by atoms with E-state index in [0.717, 1.165) is 42.7 Å². The largest absolute Gasteiger partial charge is 0.493 e. The summed E-state index contributed by atoms with van der Waals surface area (Å²) in [6, 6.07) is 9.46. The second kappa shape index (κ2) is 9.41. The Labute approximate surface area is 168 Å². The number of benzene rings is 1. The van der Waals surface area contributed by atoms with Crippen LogP contribution < -0.4 is 24.6 Å². The highest BCUT2D eigenvalue weighted by Crippen LogP contribution is 2.29. The van der Waals surface area contributed by atoms with Gasteiger partial charge in [0.2, 0.25) is 0 Å². The van der Waals surface area contributed by atoms with Crippen LogP contribution in [0.4, 0.5) is 5.69 Å². The monoisotopic (exact) mass is 411 g/mol. The van der Waals surface area contributed by atoms with Crippen LogP contribution in [0, 0.1) is 0 Å². The van der Waals surface area contributed by atoms with Gasteiger partial charge < -0.3 is 24.6 Å². The molecule has 1 fully saturated rings. The van der Waals surface area contributed by atoms with Gasteiger partial charge in [-0.3, -0.25) is 4.79 Å². The van der Waals surface area contributed by atoms with E-state index >= 15 is 0 Å². The maximum atomic E-state index is 12.4. The molecule has 0 bridgehead atoms. The predicted molar refractivity (Wildman–Crippen MR) is 107 cm³/mol. The molecule has 1 saturated heterocycles. The Balaban J connectivity index is 1.45. The van der Waals surface area contributed by atoms with E-state index in [2.05, 4.69) is 11.4 Å². The number of methoxy groups -OCH3 is 2. The third-order valence-electron chi connectivity index (χ3n) is 4.80. The van der Waals surface area contributed by atoms with Gasteiger partial charge in [-0.2, -0.15) is 0 Å². The van der Waals surface area contributed by atoms with Crippen LogP contribution in [-0.2, 0) is 11.3 Å². The van der Waals surface area contributed by atoms with Gasteiger partial charge in [-0.15, -0.1) is 11.3 Å². The first-order valence-corrected chi connectivity index (χ1v) is 10.2. The summed E-state index contributed by atoms with van der Waals surface area (Å²) in [4.78, 5) is 16.6. The molecule has 8 heteroatoms. The molecule has 1 aromatic carbocycles. The van der Waals surface area contributed by atoms with Crippen LogP contribution in [0.15, 0.2) is 30.3 Å². The molecule has 0 atom stereocenters. The highest BCUT2D eigenvalue weighted by molar-refractivity contribution is 7.16. The lowest BCUT2D eigenvalue weighted by atomic mass is 10.2. The lowest BCUT2D eigenvalue weighted by molar-refractivity contribution is -1.01. The summed E-state index contributed by atoms with van der Waals surface area (Å²) in [7, 11) is 3.17. The van der Waals surface area contributed by atoms with Crippen LogP contribution in [0.5, 0.6) is 11.5 Å². The molecule has 0 aliphatic carbocycles. The molecule has 1 aromatic heterocycles. The average Bonchev–Trinajstić information content (AvgIpc) is 3.08. The number of anilines is 1. The Morgan fingerprint density at radius 1 is 1.07 bits per heavy atom. The molecule has 2 heterocycles. The molecular weight excluding hydrogens is 386 g/mol. The van der Waals surface area contributed by atoms with Gasteiger partial charge >= 0.3 is 0 Å². The van der Waals surface area contributed by atoms with Gasteiger partial charge in [0, 0.05) is 11.8 Å². The molecule has 1 aliphatic heterocycles. The van der Waals surface area contributed by atoms with Gasteiger partial charge in [0.05, 0.1) is 23.4 Å². The number of ether oxygens (including phenoxy) is 2. The summed E-state index contributed by atoms with van der Waals surface area (Å²) in [5.74, 6) is 1.27. The van der Waals surface area contributed by atoms with Gasteiger partial charge in [0.25, 0.3) is 5.91 Å². The zero-order valence-corrected chi connectivity index (χ0v) is 17.2. The SMILES string of the molecule is COc1ccc(NC(=O)C[NH+]2CC[NH+](Cc3ccc(Cl)s3)CC2)cc1OC. The fourth-order valence-electron chi connectivity index (χ4n) is 3.35. The molecule has 27 heavy (non-hydrogen) atoms. The number of quaternary nitrogens is 2. The number of thiophene rings is 1. The van der Waals surface area contributed by atoms with E-state index in [1.165, 1.54) is 9.78 Å². The van der Waals surface area contributed by atoms with Gasteiger partial charge in [-0.05, 0) is 24.3 Å². The third-order valence-corrected chi connectivity index (χ3v) is 6.03. The van der Waals surface area contributed by atoms with E-state index in [1.54, 1.807) is 42.6 Å². The first kappa shape index (κ1) is 19.9. The van der Waals surface area contributed by atoms with Crippen molar-refractivity contribution in [1.29, 1.82) is 0 Å². The van der Waals surface area contributed by atoms with E-state index in [9.17, 15) is 4.79 Å². The maximum absolute atomic E-state index is 12.4. The van der Waals surface area contributed by atoms with Crippen LogP contribution >= 0.6 is 22.9 Å². The Bertz CT molecular complexity index is 775. The zero-order chi connectivity index (χ0) is 19.2. The molecule has 146 valence electrons. The third kappa shape index (κ3) is 5.59. The Kier molecular flexibility index (Phi) is 6.95. The highest BCUT2D eigenvalue weighted by atomic mass is 35.5. The fourth-order valence-corrected chi connectivity index (χ4v) is 4.51. The lowest BCUT2D eigenvalue weighted by Crippen LogP contribution is -3.28. The minimum Gasteiger partial charge on any atom is -0.493 e. The molecular formula is C19H26ClN3O3S+2. The fraction of sp³-hybridized carbons (Fsp3) is 0.421. The molecule has 0 unspecified atom stereocenters. The van der Waals surface area contributed by atoms with Crippen molar-refractivity contribution in [1.82, 2.24) is 0 Å². The van der Waals surface area contributed by atoms with Crippen LogP contribution in [0.2, 0.25) is 4.34 Å². The van der Waals surface area contributed by atoms with Crippen molar-refractivity contribution in [2.24, 2.45) is 0 Å². The second-order valence-corrected chi connectivity index (χ2v) is 8.48. The van der Waals surface area contributed by atoms with E-state index in [1.807, 2.05) is 12.1 Å². The van der Waals surface area contributed by atoms with Crippen LogP contribution in [0.1, 0.15) is 4.88 Å². The summed E-state index contributed by atoms with van der Waals surface area (Å²) in [6.07, 6.45) is 0. The van der Waals surface area contributed by atoms with Gasteiger partial charge in [-0.1, -0.05) is 11.6 Å². The molecule has 3 N–H and O–H groups in total. The maximum Gasteiger partial charge on any atom is 0.279 e. The number of piperazine rings is 1. The molecule has 0 radical (unpaired) electrons. The quantitative estimate of drug-likeness (QED) is 0.616. The molecule has 0 saturated carbocycles. The molecule has 0 spiro atoms. The Morgan fingerprint density at radius 2 is 1.78 bits per heavy atom. The Morgan fingerprint density at radius 3 is 2.41 bits per heavy atom. The number of halogens is 1. The van der Waals surface area contributed by atoms with Crippen molar-refractivity contribution in [3.05, 3.63) is 39.5 Å². The lowest BCUT2D eigenvalue weighted by Gasteiger charge is -2.29. The minimum absolute atomic E-state index is 0.0192. The van der Waals surface area contributed by atoms with Crippen LogP contribution in [0.25, 0.3) is 0 Å². The molecule has 6 nitrogen and oxygen atoms in total. The summed E-state index contributed by atoms with van der Waals surface area (Å²) >= 11 is 7.66. The summed E-state index contributed by atoms with van der Waals surface area (Å²) in [5.41, 5.74) is 0.718. The summed E-state index contributed by atoms with van der Waals surface area (Å²) in [5, 5.41) is 2.95. The smallest absolute Gasteiger partial charge is 0.279 e. The standard InChI is InChI=1S/C19H24ClN3O3S/c1-25-16-5-3-14(11-17(16)26-2)21-19(24)13-23-9-7-22(8-10-23)12-15-4-6-18(20)27-15/h3-6,11H,7-10,12-13H2,1-2H3,(H,21,24)/p+2. The van der Waals surface area contributed by atoms with Crippen molar-refractivity contribution in [2.45, 2.75) is 6.54 Å². The van der Waals surface area contributed by atoms with E-state index in [4.69, 9.17) is 21.1 Å². The van der Waals surface area contributed by atoms with Crippen molar-refractivity contribution in [2.75, 3.05) is 52.3 Å². The number of nitrogens with one attached hydrogen (secondary N) is 3. The zero-order valence-electron chi connectivity index (χ0n) is 15.6. The first-order valence-electron chi connectivity index (χ1n) is 9.00. The number of rotatable bonds is 7. The summed E-state index contributed by atoms with van der Waals surface area (Å²) < 4.78 is 11.3. The van der Waals surface area contributed by atoms with Gasteiger partial charge in [0.1, 0.15) is 32.7 Å². The molecule has 1 aliphatic rings. The summed E-state index contributed by atoms with van der Waals surface area (Å²) in [6.45, 7) is 5.61. The van der Waals surface area contributed by atoms with Crippen LogP contribution in [0.3, 0.4) is 0 Å². The number of carbonyl (C=O) groups excluding carboxylic acids is 1. The first-order chi connectivity index (χ1) is 13.1.